The van der Waals surface area contributed by atoms with Gasteiger partial charge >= 0.3 is 0 Å². The lowest BCUT2D eigenvalue weighted by atomic mass is 9.64. The number of nitrogens with zero attached hydrogens (tertiary/aromatic N) is 4. The Morgan fingerprint density at radius 2 is 1.06 bits per heavy atom. The Kier molecular flexibility index (Phi) is 10.4. The fraction of sp³-hybridized carbons (Fsp3) is 0.476. The zero-order valence-electron chi connectivity index (χ0n) is 29.9. The van der Waals surface area contributed by atoms with Crippen LogP contribution in [0.1, 0.15) is 84.3 Å². The van der Waals surface area contributed by atoms with E-state index in [2.05, 4.69) is 96.1 Å². The lowest BCUT2D eigenvalue weighted by Crippen LogP contribution is -2.42. The summed E-state index contributed by atoms with van der Waals surface area (Å²) in [7, 11) is 4.44. The Morgan fingerprint density at radius 3 is 1.54 bits per heavy atom. The minimum Gasteiger partial charge on any atom is -0.397 e. The van der Waals surface area contributed by atoms with Gasteiger partial charge in [-0.25, -0.2) is 0 Å². The van der Waals surface area contributed by atoms with Gasteiger partial charge < -0.3 is 15.5 Å². The first-order valence-corrected chi connectivity index (χ1v) is 19.9. The fourth-order valence-corrected chi connectivity index (χ4v) is 10.4. The molecule has 0 spiro atoms. The number of hydrogen-bond acceptors (Lipinski definition) is 5. The number of halogens is 3. The number of benzene rings is 2. The molecule has 4 heterocycles. The zero-order valence-corrected chi connectivity index (χ0v) is 33.0. The molecule has 2 aliphatic heterocycles. The van der Waals surface area contributed by atoms with Crippen LogP contribution in [0.15, 0.2) is 65.4 Å². The first kappa shape index (κ1) is 35.9. The summed E-state index contributed by atoms with van der Waals surface area (Å²) in [4.78, 5) is 14.7. The summed E-state index contributed by atoms with van der Waals surface area (Å²) in [5.74, 6) is 1.19. The minimum atomic E-state index is -0.0826. The number of aryl methyl sites for hydroxylation is 4. The quantitative estimate of drug-likeness (QED) is 0.220. The maximum atomic E-state index is 6.33. The molecule has 264 valence electrons. The molecule has 50 heavy (non-hydrogen) atoms. The number of anilines is 1. The van der Waals surface area contributed by atoms with E-state index >= 15 is 0 Å². The monoisotopic (exact) mass is 773 g/mol. The number of rotatable bonds is 2. The molecular formula is C42H50BrCl2N5. The van der Waals surface area contributed by atoms with E-state index < -0.39 is 0 Å². The second-order valence-corrected chi connectivity index (χ2v) is 17.4. The van der Waals surface area contributed by atoms with Crippen LogP contribution < -0.4 is 5.73 Å². The van der Waals surface area contributed by atoms with Crippen molar-refractivity contribution in [1.29, 1.82) is 0 Å². The number of piperidine rings is 2. The van der Waals surface area contributed by atoms with Gasteiger partial charge in [-0.3, -0.25) is 9.97 Å². The fourth-order valence-electron chi connectivity index (χ4n) is 9.67. The Balaban J connectivity index is 0.000000157. The molecule has 0 amide bonds. The summed E-state index contributed by atoms with van der Waals surface area (Å²) in [5.41, 5.74) is 17.4. The van der Waals surface area contributed by atoms with E-state index in [1.54, 1.807) is 0 Å². The zero-order chi connectivity index (χ0) is 35.2. The molecule has 8 heteroatoms. The van der Waals surface area contributed by atoms with Crippen molar-refractivity contribution < 1.29 is 0 Å². The SMILES string of the molecule is CN1CCC(C2(C)c3ccc(Cl)cc3CCc3cc(Br)cnc32)CC1.CN1CCC(C2(C)c3ccc(Cl)cc3CCc3cc(N)cnc32)CC1. The first-order valence-electron chi connectivity index (χ1n) is 18.3. The predicted molar refractivity (Wildman–Crippen MR) is 212 cm³/mol. The standard InChI is InChI=1S/C21H24BrClN2.C21H26ClN3/c1-21(16-7-9-25(2)10-8-16)19-6-5-18(23)12-14(19)3-4-15-11-17(22)13-24-20(15)21;1-21(16-7-9-25(2)10-8-16)19-6-5-17(22)11-14(19)3-4-15-12-18(23)13-24-20(15)21/h5-6,11-13,16H,3-4,7-10H2,1-2H3;5-6,11-13,16H,3-4,7-10,23H2,1-2H3. The van der Waals surface area contributed by atoms with Crippen molar-refractivity contribution in [2.24, 2.45) is 11.8 Å². The normalized spacial score (nSPS) is 24.5. The molecule has 2 aromatic heterocycles. The van der Waals surface area contributed by atoms with Crippen molar-refractivity contribution in [3.05, 3.63) is 120 Å². The Labute approximate surface area is 317 Å². The molecule has 4 aliphatic rings. The highest BCUT2D eigenvalue weighted by molar-refractivity contribution is 9.10. The van der Waals surface area contributed by atoms with Gasteiger partial charge in [0.05, 0.1) is 23.3 Å². The van der Waals surface area contributed by atoms with E-state index in [1.165, 1.54) is 70.5 Å². The molecular weight excluding hydrogens is 725 g/mol. The van der Waals surface area contributed by atoms with Gasteiger partial charge in [-0.2, -0.15) is 0 Å². The highest BCUT2D eigenvalue weighted by Crippen LogP contribution is 2.49. The van der Waals surface area contributed by atoms with Gasteiger partial charge in [-0.15, -0.1) is 0 Å². The second-order valence-electron chi connectivity index (χ2n) is 15.6. The summed E-state index contributed by atoms with van der Waals surface area (Å²) < 4.78 is 1.07. The maximum Gasteiger partial charge on any atom is 0.0543 e. The molecule has 5 nitrogen and oxygen atoms in total. The molecule has 2 fully saturated rings. The molecule has 0 bridgehead atoms. The van der Waals surface area contributed by atoms with Crippen molar-refractivity contribution in [1.82, 2.24) is 19.8 Å². The van der Waals surface area contributed by atoms with E-state index in [0.29, 0.717) is 11.8 Å². The summed E-state index contributed by atoms with van der Waals surface area (Å²) in [5, 5.41) is 1.66. The average Bonchev–Trinajstić information content (AvgIpc) is 3.29. The topological polar surface area (TPSA) is 58.3 Å². The third-order valence-electron chi connectivity index (χ3n) is 12.6. The van der Waals surface area contributed by atoms with E-state index in [4.69, 9.17) is 38.9 Å². The van der Waals surface area contributed by atoms with Crippen LogP contribution in [0, 0.1) is 11.8 Å². The molecule has 2 N–H and O–H groups in total. The van der Waals surface area contributed by atoms with E-state index in [-0.39, 0.29) is 10.8 Å². The number of nitrogens with two attached hydrogens (primary N) is 1. The predicted octanol–water partition coefficient (Wildman–Crippen LogP) is 9.31. The minimum absolute atomic E-state index is 0.0479. The highest BCUT2D eigenvalue weighted by atomic mass is 79.9. The van der Waals surface area contributed by atoms with Crippen molar-refractivity contribution in [3.63, 3.8) is 0 Å². The van der Waals surface area contributed by atoms with Gasteiger partial charge in [0.2, 0.25) is 0 Å². The molecule has 0 saturated carbocycles. The average molecular weight is 776 g/mol. The van der Waals surface area contributed by atoms with Gasteiger partial charge in [0.15, 0.2) is 0 Å². The van der Waals surface area contributed by atoms with E-state index in [0.717, 1.165) is 72.1 Å². The van der Waals surface area contributed by atoms with Crippen LogP contribution in [0.25, 0.3) is 0 Å². The number of aromatic nitrogens is 2. The van der Waals surface area contributed by atoms with Gasteiger partial charge in [0, 0.05) is 31.5 Å². The van der Waals surface area contributed by atoms with Gasteiger partial charge in [-0.05, 0) is 203 Å². The number of pyridine rings is 2. The number of nitrogen functional groups attached to an aromatic ring is 1. The molecule has 2 saturated heterocycles. The summed E-state index contributed by atoms with van der Waals surface area (Å²) in [6.07, 6.45) is 12.6. The third-order valence-corrected chi connectivity index (χ3v) is 13.5. The van der Waals surface area contributed by atoms with Crippen LogP contribution in [0.2, 0.25) is 10.0 Å². The molecule has 4 aromatic rings. The van der Waals surface area contributed by atoms with Crippen LogP contribution in [0.5, 0.6) is 0 Å². The number of fused-ring (bicyclic) bond motifs is 4. The van der Waals surface area contributed by atoms with E-state index in [1.807, 2.05) is 18.5 Å². The highest BCUT2D eigenvalue weighted by Gasteiger charge is 2.45. The van der Waals surface area contributed by atoms with Gasteiger partial charge in [0.25, 0.3) is 0 Å². The second kappa shape index (κ2) is 14.5. The third kappa shape index (κ3) is 6.76. The van der Waals surface area contributed by atoms with Crippen LogP contribution in [0.3, 0.4) is 0 Å². The largest absolute Gasteiger partial charge is 0.397 e. The van der Waals surface area contributed by atoms with Gasteiger partial charge in [-0.1, -0.05) is 35.3 Å². The smallest absolute Gasteiger partial charge is 0.0543 e. The molecule has 0 radical (unpaired) electrons. The van der Waals surface area contributed by atoms with Crippen molar-refractivity contribution in [2.75, 3.05) is 46.0 Å². The van der Waals surface area contributed by atoms with Crippen LogP contribution >= 0.6 is 39.1 Å². The van der Waals surface area contributed by atoms with E-state index in [9.17, 15) is 0 Å². The summed E-state index contributed by atoms with van der Waals surface area (Å²) in [6, 6.07) is 17.3. The summed E-state index contributed by atoms with van der Waals surface area (Å²) in [6.45, 7) is 9.43. The Bertz CT molecular complexity index is 1620. The number of hydrogen-bond donors (Lipinski definition) is 1. The van der Waals surface area contributed by atoms with Crippen LogP contribution in [-0.4, -0.2) is 60.0 Å². The lowest BCUT2D eigenvalue weighted by Gasteiger charge is -2.43. The Hall–Kier alpha value is -2.48. The Morgan fingerprint density at radius 1 is 0.640 bits per heavy atom. The van der Waals surface area contributed by atoms with Crippen molar-refractivity contribution >= 4 is 44.8 Å². The van der Waals surface area contributed by atoms with Crippen LogP contribution in [-0.2, 0) is 36.5 Å². The molecule has 2 aromatic carbocycles. The first-order chi connectivity index (χ1) is 24.0. The van der Waals surface area contributed by atoms with Crippen molar-refractivity contribution in [2.45, 2.75) is 76.0 Å². The molecule has 2 unspecified atom stereocenters. The lowest BCUT2D eigenvalue weighted by molar-refractivity contribution is 0.170. The summed E-state index contributed by atoms with van der Waals surface area (Å²) >= 11 is 16.3. The van der Waals surface area contributed by atoms with Gasteiger partial charge in [0.1, 0.15) is 0 Å². The van der Waals surface area contributed by atoms with Crippen LogP contribution in [0.4, 0.5) is 5.69 Å². The maximum absolute atomic E-state index is 6.33. The molecule has 2 atom stereocenters. The number of likely N-dealkylation sites (tertiary alicyclic amines) is 2. The molecule has 2 aliphatic carbocycles. The molecule has 8 rings (SSSR count). The van der Waals surface area contributed by atoms with Crippen molar-refractivity contribution in [3.8, 4) is 0 Å².